The van der Waals surface area contributed by atoms with Gasteiger partial charge in [0.1, 0.15) is 0 Å². The normalized spacial score (nSPS) is 48.0. The van der Waals surface area contributed by atoms with Gasteiger partial charge in [-0.1, -0.05) is 34.1 Å². The molecule has 4 nitrogen and oxygen atoms in total. The van der Waals surface area contributed by atoms with Crippen molar-refractivity contribution in [3.8, 4) is 0 Å². The van der Waals surface area contributed by atoms with Crippen molar-refractivity contribution in [2.45, 2.75) is 124 Å². The smallest absolute Gasteiger partial charge is 0.220 e. The fraction of sp³-hybridized carbons (Fsp3) is 0.966. The largest absolute Gasteiger partial charge is 0.393 e. The van der Waals surface area contributed by atoms with Crippen LogP contribution in [0.4, 0.5) is 0 Å². The molecule has 4 rings (SSSR count). The summed E-state index contributed by atoms with van der Waals surface area (Å²) in [6, 6.07) is 0.210. The lowest BCUT2D eigenvalue weighted by atomic mass is 9.41. The highest BCUT2D eigenvalue weighted by Gasteiger charge is 2.64. The second-order valence-electron chi connectivity index (χ2n) is 13.4. The highest BCUT2D eigenvalue weighted by atomic mass is 16.3. The molecule has 0 aromatic rings. The molecule has 0 bridgehead atoms. The van der Waals surface area contributed by atoms with Crippen LogP contribution in [-0.4, -0.2) is 34.4 Å². The Bertz CT molecular complexity index is 709. The van der Waals surface area contributed by atoms with Crippen LogP contribution in [0.25, 0.3) is 0 Å². The zero-order chi connectivity index (χ0) is 24.1. The van der Waals surface area contributed by atoms with Crippen LogP contribution in [0.15, 0.2) is 0 Å². The number of hydrogen-bond acceptors (Lipinski definition) is 3. The minimum atomic E-state index is -0.223. The van der Waals surface area contributed by atoms with Crippen LogP contribution in [0.2, 0.25) is 0 Å². The lowest BCUT2D eigenvalue weighted by Gasteiger charge is -2.64. The van der Waals surface area contributed by atoms with Crippen molar-refractivity contribution in [3.63, 3.8) is 0 Å². The number of carbonyl (C=O) groups excluding carboxylic acids is 1. The van der Waals surface area contributed by atoms with Crippen LogP contribution in [0.5, 0.6) is 0 Å². The summed E-state index contributed by atoms with van der Waals surface area (Å²) >= 11 is 0. The molecule has 0 saturated heterocycles. The summed E-state index contributed by atoms with van der Waals surface area (Å²) in [4.78, 5) is 12.3. The van der Waals surface area contributed by atoms with Crippen molar-refractivity contribution < 1.29 is 15.0 Å². The number of hydrogen-bond donors (Lipinski definition) is 3. The first-order valence-electron chi connectivity index (χ1n) is 14.2. The van der Waals surface area contributed by atoms with E-state index in [1.165, 1.54) is 25.7 Å². The van der Waals surface area contributed by atoms with Crippen LogP contribution in [0, 0.1) is 52.3 Å². The Morgan fingerprint density at radius 3 is 2.30 bits per heavy atom. The first-order valence-corrected chi connectivity index (χ1v) is 14.2. The number of rotatable bonds is 6. The predicted molar refractivity (Wildman–Crippen MR) is 133 cm³/mol. The van der Waals surface area contributed by atoms with Crippen molar-refractivity contribution >= 4 is 5.91 Å². The van der Waals surface area contributed by atoms with Crippen molar-refractivity contribution in [1.29, 1.82) is 0 Å². The molecule has 1 amide bonds. The van der Waals surface area contributed by atoms with Gasteiger partial charge in [0.2, 0.25) is 5.91 Å². The second-order valence-corrected chi connectivity index (χ2v) is 13.4. The Hall–Kier alpha value is -0.610. The van der Waals surface area contributed by atoms with Gasteiger partial charge in [0.25, 0.3) is 0 Å². The molecular formula is C29H51NO3. The Kier molecular flexibility index (Phi) is 7.30. The standard InChI is InChI=1S/C29H51NO3/c1-7-20-24-16-19(31)12-14-29(24,6)23-13-15-28(5)21(9-10-22(28)26(23)27(20)33)18(4)8-11-25(32)30-17(2)3/h17-24,26-27,31,33H,7-16H2,1-6H3,(H,30,32)/t18-,19-,20-,21-,22+,23+,24+,26+,27-,28-,29-/m0/s1. The van der Waals surface area contributed by atoms with E-state index in [9.17, 15) is 15.0 Å². The molecule has 4 aliphatic carbocycles. The fourth-order valence-corrected chi connectivity index (χ4v) is 9.89. The van der Waals surface area contributed by atoms with Gasteiger partial charge >= 0.3 is 0 Å². The molecule has 0 unspecified atom stereocenters. The maximum Gasteiger partial charge on any atom is 0.220 e. The van der Waals surface area contributed by atoms with Crippen LogP contribution < -0.4 is 5.32 Å². The van der Waals surface area contributed by atoms with E-state index in [0.717, 1.165) is 32.1 Å². The molecule has 0 heterocycles. The van der Waals surface area contributed by atoms with E-state index >= 15 is 0 Å². The third-order valence-corrected chi connectivity index (χ3v) is 11.4. The van der Waals surface area contributed by atoms with Crippen LogP contribution in [-0.2, 0) is 4.79 Å². The number of carbonyl (C=O) groups is 1. The lowest BCUT2D eigenvalue weighted by Crippen LogP contribution is -2.62. The molecular weight excluding hydrogens is 410 g/mol. The molecule has 11 atom stereocenters. The van der Waals surface area contributed by atoms with Gasteiger partial charge in [-0.3, -0.25) is 4.79 Å². The molecule has 33 heavy (non-hydrogen) atoms. The zero-order valence-electron chi connectivity index (χ0n) is 22.1. The summed E-state index contributed by atoms with van der Waals surface area (Å²) in [5.41, 5.74) is 0.551. The van der Waals surface area contributed by atoms with Crippen LogP contribution in [0.1, 0.15) is 106 Å². The average Bonchev–Trinajstić information content (AvgIpc) is 3.10. The number of aliphatic hydroxyl groups is 2. The summed E-state index contributed by atoms with van der Waals surface area (Å²) < 4.78 is 0. The SMILES string of the molecule is CC[C@@H]1[C@H](O)[C@H]2[C@@H](CC[C@]3(C)[C@@H]2CC[C@H]3[C@@H](C)CCC(=O)NC(C)C)[C@]2(C)CC[C@H](O)C[C@H]12. The van der Waals surface area contributed by atoms with E-state index < -0.39 is 0 Å². The first-order chi connectivity index (χ1) is 15.5. The van der Waals surface area contributed by atoms with E-state index in [-0.39, 0.29) is 35.0 Å². The Labute approximate surface area is 202 Å². The Balaban J connectivity index is 1.53. The fourth-order valence-electron chi connectivity index (χ4n) is 9.89. The third kappa shape index (κ3) is 4.30. The topological polar surface area (TPSA) is 69.6 Å². The highest BCUT2D eigenvalue weighted by Crippen LogP contribution is 2.69. The van der Waals surface area contributed by atoms with E-state index in [1.54, 1.807) is 0 Å². The molecule has 4 saturated carbocycles. The van der Waals surface area contributed by atoms with Gasteiger partial charge in [0.15, 0.2) is 0 Å². The quantitative estimate of drug-likeness (QED) is 0.485. The van der Waals surface area contributed by atoms with Gasteiger partial charge in [-0.2, -0.15) is 0 Å². The molecule has 0 aliphatic heterocycles. The van der Waals surface area contributed by atoms with Crippen LogP contribution >= 0.6 is 0 Å². The predicted octanol–water partition coefficient (Wildman–Crippen LogP) is 5.55. The molecule has 0 spiro atoms. The van der Waals surface area contributed by atoms with E-state index in [2.05, 4.69) is 33.0 Å². The minimum Gasteiger partial charge on any atom is -0.393 e. The molecule has 4 heteroatoms. The lowest BCUT2D eigenvalue weighted by molar-refractivity contribution is -0.203. The Morgan fingerprint density at radius 2 is 1.64 bits per heavy atom. The first kappa shape index (κ1) is 25.5. The molecule has 0 aromatic heterocycles. The summed E-state index contributed by atoms with van der Waals surface area (Å²) in [6.45, 7) is 13.7. The zero-order valence-corrected chi connectivity index (χ0v) is 22.1. The molecule has 3 N–H and O–H groups in total. The van der Waals surface area contributed by atoms with Gasteiger partial charge in [-0.05, 0) is 117 Å². The third-order valence-electron chi connectivity index (χ3n) is 11.4. The molecule has 4 fully saturated rings. The minimum absolute atomic E-state index is 0.181. The van der Waals surface area contributed by atoms with Gasteiger partial charge in [0, 0.05) is 12.5 Å². The Morgan fingerprint density at radius 1 is 0.970 bits per heavy atom. The maximum atomic E-state index is 12.3. The van der Waals surface area contributed by atoms with Crippen molar-refractivity contribution in [2.75, 3.05) is 0 Å². The van der Waals surface area contributed by atoms with Gasteiger partial charge in [0.05, 0.1) is 12.2 Å². The second kappa shape index (κ2) is 9.45. The average molecular weight is 462 g/mol. The van der Waals surface area contributed by atoms with Gasteiger partial charge in [-0.15, -0.1) is 0 Å². The van der Waals surface area contributed by atoms with E-state index in [1.807, 2.05) is 13.8 Å². The van der Waals surface area contributed by atoms with E-state index in [4.69, 9.17) is 0 Å². The van der Waals surface area contributed by atoms with Crippen molar-refractivity contribution in [2.24, 2.45) is 52.3 Å². The molecule has 0 radical (unpaired) electrons. The van der Waals surface area contributed by atoms with Crippen LogP contribution in [0.3, 0.4) is 0 Å². The number of fused-ring (bicyclic) bond motifs is 5. The number of aliphatic hydroxyl groups excluding tert-OH is 2. The summed E-state index contributed by atoms with van der Waals surface area (Å²) in [6.07, 6.45) is 10.1. The van der Waals surface area contributed by atoms with Gasteiger partial charge < -0.3 is 15.5 Å². The summed E-state index contributed by atoms with van der Waals surface area (Å²) in [7, 11) is 0. The van der Waals surface area contributed by atoms with Crippen molar-refractivity contribution in [3.05, 3.63) is 0 Å². The maximum absolute atomic E-state index is 12.3. The summed E-state index contributed by atoms with van der Waals surface area (Å²) in [5, 5.41) is 25.3. The molecule has 4 aliphatic rings. The molecule has 190 valence electrons. The number of nitrogens with one attached hydrogen (secondary N) is 1. The van der Waals surface area contributed by atoms with Gasteiger partial charge in [-0.25, -0.2) is 0 Å². The number of amides is 1. The van der Waals surface area contributed by atoms with Crippen molar-refractivity contribution in [1.82, 2.24) is 5.32 Å². The summed E-state index contributed by atoms with van der Waals surface area (Å²) in [5.74, 6) is 3.77. The highest BCUT2D eigenvalue weighted by molar-refractivity contribution is 5.76. The molecule has 0 aromatic carbocycles. The monoisotopic (exact) mass is 461 g/mol. The van der Waals surface area contributed by atoms with E-state index in [0.29, 0.717) is 47.8 Å².